The standard InChI is InChI=1S/C18H20FN/c1-2-20-18(11-13-6-5-8-15(19)10-13)17-12-14-7-3-4-9-16(14)17/h3-10,17-18,20H,2,11-12H2,1H3. The van der Waals surface area contributed by atoms with Gasteiger partial charge in [0.1, 0.15) is 5.82 Å². The second-order valence-corrected chi connectivity index (χ2v) is 5.51. The molecule has 1 N–H and O–H groups in total. The smallest absolute Gasteiger partial charge is 0.123 e. The summed E-state index contributed by atoms with van der Waals surface area (Å²) in [4.78, 5) is 0. The van der Waals surface area contributed by atoms with E-state index in [4.69, 9.17) is 0 Å². The van der Waals surface area contributed by atoms with Crippen molar-refractivity contribution in [1.29, 1.82) is 0 Å². The van der Waals surface area contributed by atoms with E-state index in [2.05, 4.69) is 36.5 Å². The van der Waals surface area contributed by atoms with Gasteiger partial charge in [-0.05, 0) is 48.2 Å². The van der Waals surface area contributed by atoms with Crippen LogP contribution >= 0.6 is 0 Å². The van der Waals surface area contributed by atoms with Crippen LogP contribution in [0, 0.1) is 5.82 Å². The van der Waals surface area contributed by atoms with Crippen LogP contribution in [0.25, 0.3) is 0 Å². The fraction of sp³-hybridized carbons (Fsp3) is 0.333. The molecule has 2 aromatic carbocycles. The molecule has 3 rings (SSSR count). The van der Waals surface area contributed by atoms with E-state index in [-0.39, 0.29) is 5.82 Å². The van der Waals surface area contributed by atoms with Gasteiger partial charge in [-0.25, -0.2) is 4.39 Å². The number of halogens is 1. The largest absolute Gasteiger partial charge is 0.313 e. The predicted octanol–water partition coefficient (Wildman–Crippen LogP) is 3.69. The molecule has 2 heteroatoms. The third kappa shape index (κ3) is 2.61. The summed E-state index contributed by atoms with van der Waals surface area (Å²) in [7, 11) is 0. The van der Waals surface area contributed by atoms with Crippen molar-refractivity contribution in [3.05, 3.63) is 71.0 Å². The summed E-state index contributed by atoms with van der Waals surface area (Å²) in [6, 6.07) is 16.0. The minimum absolute atomic E-state index is 0.147. The summed E-state index contributed by atoms with van der Waals surface area (Å²) in [6.45, 7) is 3.07. The van der Waals surface area contributed by atoms with Gasteiger partial charge in [-0.3, -0.25) is 0 Å². The SMILES string of the molecule is CCNC(Cc1cccc(F)c1)C1Cc2ccccc21. The van der Waals surface area contributed by atoms with Crippen LogP contribution in [0.4, 0.5) is 4.39 Å². The molecule has 20 heavy (non-hydrogen) atoms. The summed E-state index contributed by atoms with van der Waals surface area (Å²) >= 11 is 0. The fourth-order valence-corrected chi connectivity index (χ4v) is 3.19. The Hall–Kier alpha value is -1.67. The van der Waals surface area contributed by atoms with Crippen LogP contribution in [0.3, 0.4) is 0 Å². The van der Waals surface area contributed by atoms with Crippen molar-refractivity contribution >= 4 is 0 Å². The van der Waals surface area contributed by atoms with Gasteiger partial charge in [0.25, 0.3) is 0 Å². The van der Waals surface area contributed by atoms with Crippen LogP contribution in [0.15, 0.2) is 48.5 Å². The van der Waals surface area contributed by atoms with Gasteiger partial charge >= 0.3 is 0 Å². The van der Waals surface area contributed by atoms with Gasteiger partial charge in [-0.15, -0.1) is 0 Å². The maximum atomic E-state index is 13.3. The third-order valence-electron chi connectivity index (χ3n) is 4.19. The Bertz CT molecular complexity index is 593. The Morgan fingerprint density at radius 3 is 2.80 bits per heavy atom. The molecule has 0 aromatic heterocycles. The number of hydrogen-bond acceptors (Lipinski definition) is 1. The van der Waals surface area contributed by atoms with Crippen molar-refractivity contribution in [2.24, 2.45) is 0 Å². The van der Waals surface area contributed by atoms with Crippen LogP contribution in [0.2, 0.25) is 0 Å². The summed E-state index contributed by atoms with van der Waals surface area (Å²) in [6.07, 6.45) is 2.01. The number of nitrogens with one attached hydrogen (secondary N) is 1. The third-order valence-corrected chi connectivity index (χ3v) is 4.19. The van der Waals surface area contributed by atoms with E-state index in [0.717, 1.165) is 24.9 Å². The van der Waals surface area contributed by atoms with Crippen LogP contribution in [0.5, 0.6) is 0 Å². The maximum Gasteiger partial charge on any atom is 0.123 e. The number of hydrogen-bond donors (Lipinski definition) is 1. The molecular weight excluding hydrogens is 249 g/mol. The van der Waals surface area contributed by atoms with Crippen molar-refractivity contribution in [2.75, 3.05) is 6.54 Å². The first-order chi connectivity index (χ1) is 9.78. The molecule has 0 radical (unpaired) electrons. The van der Waals surface area contributed by atoms with Gasteiger partial charge in [0, 0.05) is 12.0 Å². The Balaban J connectivity index is 1.77. The first-order valence-electron chi connectivity index (χ1n) is 7.33. The zero-order valence-corrected chi connectivity index (χ0v) is 11.8. The highest BCUT2D eigenvalue weighted by Crippen LogP contribution is 2.38. The summed E-state index contributed by atoms with van der Waals surface area (Å²) in [5.41, 5.74) is 3.98. The Kier molecular flexibility index (Phi) is 3.83. The van der Waals surface area contributed by atoms with Gasteiger partial charge in [0.15, 0.2) is 0 Å². The molecule has 1 aliphatic carbocycles. The monoisotopic (exact) mass is 269 g/mol. The summed E-state index contributed by atoms with van der Waals surface area (Å²) < 4.78 is 13.3. The molecule has 2 unspecified atom stereocenters. The van der Waals surface area contributed by atoms with E-state index in [0.29, 0.717) is 12.0 Å². The molecule has 0 bridgehead atoms. The first-order valence-corrected chi connectivity index (χ1v) is 7.33. The lowest BCUT2D eigenvalue weighted by atomic mass is 9.72. The van der Waals surface area contributed by atoms with Crippen LogP contribution in [-0.2, 0) is 12.8 Å². The molecular formula is C18H20FN. The summed E-state index contributed by atoms with van der Waals surface area (Å²) in [5, 5.41) is 3.57. The lowest BCUT2D eigenvalue weighted by molar-refractivity contribution is 0.404. The van der Waals surface area contributed by atoms with E-state index in [1.807, 2.05) is 6.07 Å². The predicted molar refractivity (Wildman–Crippen MR) is 80.5 cm³/mol. The number of rotatable bonds is 5. The molecule has 0 saturated carbocycles. The summed E-state index contributed by atoms with van der Waals surface area (Å²) in [5.74, 6) is 0.404. The van der Waals surface area contributed by atoms with E-state index in [1.165, 1.54) is 17.2 Å². The van der Waals surface area contributed by atoms with E-state index < -0.39 is 0 Å². The molecule has 2 aromatic rings. The van der Waals surface area contributed by atoms with Crippen molar-refractivity contribution in [2.45, 2.75) is 31.7 Å². The van der Waals surface area contributed by atoms with Gasteiger partial charge in [0.05, 0.1) is 0 Å². The highest BCUT2D eigenvalue weighted by atomic mass is 19.1. The Labute approximate surface area is 119 Å². The average molecular weight is 269 g/mol. The van der Waals surface area contributed by atoms with Gasteiger partial charge in [0.2, 0.25) is 0 Å². The lowest BCUT2D eigenvalue weighted by Crippen LogP contribution is -2.41. The van der Waals surface area contributed by atoms with Crippen molar-refractivity contribution in [3.8, 4) is 0 Å². The average Bonchev–Trinajstić information content (AvgIpc) is 2.40. The molecule has 2 atom stereocenters. The lowest BCUT2D eigenvalue weighted by Gasteiger charge is -2.37. The topological polar surface area (TPSA) is 12.0 Å². The molecule has 1 aliphatic rings. The van der Waals surface area contributed by atoms with Crippen molar-refractivity contribution < 1.29 is 4.39 Å². The number of fused-ring (bicyclic) bond motifs is 1. The highest BCUT2D eigenvalue weighted by molar-refractivity contribution is 5.41. The number of likely N-dealkylation sites (N-methyl/N-ethyl adjacent to an activating group) is 1. The fourth-order valence-electron chi connectivity index (χ4n) is 3.19. The normalized spacial score (nSPS) is 18.2. The Morgan fingerprint density at radius 2 is 2.05 bits per heavy atom. The second kappa shape index (κ2) is 5.76. The molecule has 0 aliphatic heterocycles. The van der Waals surface area contributed by atoms with Crippen LogP contribution < -0.4 is 5.32 Å². The van der Waals surface area contributed by atoms with Gasteiger partial charge < -0.3 is 5.32 Å². The molecule has 0 spiro atoms. The quantitative estimate of drug-likeness (QED) is 0.873. The zero-order valence-electron chi connectivity index (χ0n) is 11.8. The maximum absolute atomic E-state index is 13.3. The number of benzene rings is 2. The first kappa shape index (κ1) is 13.3. The van der Waals surface area contributed by atoms with Crippen LogP contribution in [-0.4, -0.2) is 12.6 Å². The zero-order chi connectivity index (χ0) is 13.9. The van der Waals surface area contributed by atoms with E-state index in [1.54, 1.807) is 12.1 Å². The minimum atomic E-state index is -0.147. The van der Waals surface area contributed by atoms with Crippen LogP contribution in [0.1, 0.15) is 29.5 Å². The molecule has 0 heterocycles. The molecule has 1 nitrogen and oxygen atoms in total. The van der Waals surface area contributed by atoms with E-state index in [9.17, 15) is 4.39 Å². The minimum Gasteiger partial charge on any atom is -0.313 e. The molecule has 0 amide bonds. The van der Waals surface area contributed by atoms with Gasteiger partial charge in [-0.2, -0.15) is 0 Å². The second-order valence-electron chi connectivity index (χ2n) is 5.51. The Morgan fingerprint density at radius 1 is 1.20 bits per heavy atom. The van der Waals surface area contributed by atoms with E-state index >= 15 is 0 Å². The van der Waals surface area contributed by atoms with Gasteiger partial charge in [-0.1, -0.05) is 43.3 Å². The molecule has 104 valence electrons. The van der Waals surface area contributed by atoms with Crippen molar-refractivity contribution in [3.63, 3.8) is 0 Å². The molecule has 0 fully saturated rings. The molecule has 0 saturated heterocycles. The highest BCUT2D eigenvalue weighted by Gasteiger charge is 2.32. The van der Waals surface area contributed by atoms with Crippen molar-refractivity contribution in [1.82, 2.24) is 5.32 Å².